The van der Waals surface area contributed by atoms with Crippen molar-refractivity contribution in [1.82, 2.24) is 19.7 Å². The van der Waals surface area contributed by atoms with Gasteiger partial charge in [0, 0.05) is 26.2 Å². The quantitative estimate of drug-likeness (QED) is 0.608. The van der Waals surface area contributed by atoms with E-state index < -0.39 is 0 Å². The zero-order valence-electron chi connectivity index (χ0n) is 16.1. The SMILES string of the molecule is Cc1ccc(-c2nnc(SC(C)C(=O)N(C)Cc3ccccc3)n2C)cc1. The second-order valence-electron chi connectivity index (χ2n) is 6.67. The van der Waals surface area contributed by atoms with Crippen LogP contribution in [0.1, 0.15) is 18.1 Å². The number of amides is 1. The van der Waals surface area contributed by atoms with Crippen molar-refractivity contribution < 1.29 is 4.79 Å². The number of hydrogen-bond acceptors (Lipinski definition) is 4. The molecular formula is C21H24N4OS. The summed E-state index contributed by atoms with van der Waals surface area (Å²) in [6.07, 6.45) is 0. The summed E-state index contributed by atoms with van der Waals surface area (Å²) in [4.78, 5) is 14.5. The molecule has 140 valence electrons. The van der Waals surface area contributed by atoms with Crippen molar-refractivity contribution in [3.8, 4) is 11.4 Å². The van der Waals surface area contributed by atoms with E-state index in [1.54, 1.807) is 4.90 Å². The fraction of sp³-hybridized carbons (Fsp3) is 0.286. The number of nitrogens with zero attached hydrogens (tertiary/aromatic N) is 4. The molecule has 1 aromatic heterocycles. The highest BCUT2D eigenvalue weighted by Gasteiger charge is 2.22. The Hall–Kier alpha value is -2.60. The van der Waals surface area contributed by atoms with Gasteiger partial charge in [0.2, 0.25) is 5.91 Å². The lowest BCUT2D eigenvalue weighted by Crippen LogP contribution is -2.32. The molecule has 0 radical (unpaired) electrons. The Kier molecular flexibility index (Phi) is 5.96. The predicted octanol–water partition coefficient (Wildman–Crippen LogP) is 3.93. The molecule has 0 N–H and O–H groups in total. The summed E-state index contributed by atoms with van der Waals surface area (Å²) in [6, 6.07) is 18.2. The normalized spacial score (nSPS) is 12.0. The number of hydrogen-bond donors (Lipinski definition) is 0. The van der Waals surface area contributed by atoms with Crippen LogP contribution in [0, 0.1) is 6.92 Å². The molecule has 0 spiro atoms. The first-order valence-corrected chi connectivity index (χ1v) is 9.75. The van der Waals surface area contributed by atoms with Gasteiger partial charge in [-0.3, -0.25) is 4.79 Å². The largest absolute Gasteiger partial charge is 0.340 e. The van der Waals surface area contributed by atoms with Crippen molar-refractivity contribution in [1.29, 1.82) is 0 Å². The molecule has 0 saturated carbocycles. The summed E-state index contributed by atoms with van der Waals surface area (Å²) in [6.45, 7) is 4.56. The fourth-order valence-electron chi connectivity index (χ4n) is 2.83. The van der Waals surface area contributed by atoms with E-state index in [2.05, 4.69) is 29.3 Å². The summed E-state index contributed by atoms with van der Waals surface area (Å²) in [5, 5.41) is 9.09. The summed E-state index contributed by atoms with van der Waals surface area (Å²) >= 11 is 1.43. The van der Waals surface area contributed by atoms with Crippen molar-refractivity contribution in [2.24, 2.45) is 7.05 Å². The van der Waals surface area contributed by atoms with Gasteiger partial charge in [0.1, 0.15) is 0 Å². The highest BCUT2D eigenvalue weighted by atomic mass is 32.2. The zero-order valence-corrected chi connectivity index (χ0v) is 16.9. The second-order valence-corrected chi connectivity index (χ2v) is 7.98. The molecule has 0 aliphatic carbocycles. The average Bonchev–Trinajstić information content (AvgIpc) is 3.03. The number of thioether (sulfide) groups is 1. The van der Waals surface area contributed by atoms with Crippen molar-refractivity contribution in [3.05, 3.63) is 65.7 Å². The van der Waals surface area contributed by atoms with Gasteiger partial charge in [-0.2, -0.15) is 0 Å². The molecule has 5 nitrogen and oxygen atoms in total. The lowest BCUT2D eigenvalue weighted by Gasteiger charge is -2.21. The molecule has 27 heavy (non-hydrogen) atoms. The molecule has 0 bridgehead atoms. The van der Waals surface area contributed by atoms with Crippen LogP contribution >= 0.6 is 11.8 Å². The Balaban J connectivity index is 1.67. The molecule has 0 aliphatic rings. The zero-order chi connectivity index (χ0) is 19.4. The predicted molar refractivity (Wildman–Crippen MR) is 109 cm³/mol. The van der Waals surface area contributed by atoms with E-state index in [1.807, 2.05) is 68.1 Å². The van der Waals surface area contributed by atoms with Crippen molar-refractivity contribution >= 4 is 17.7 Å². The first-order valence-electron chi connectivity index (χ1n) is 8.87. The summed E-state index contributed by atoms with van der Waals surface area (Å²) in [5.74, 6) is 0.874. The maximum atomic E-state index is 12.7. The summed E-state index contributed by atoms with van der Waals surface area (Å²) in [7, 11) is 3.77. The van der Waals surface area contributed by atoms with Gasteiger partial charge in [0.25, 0.3) is 0 Å². The minimum Gasteiger partial charge on any atom is -0.340 e. The van der Waals surface area contributed by atoms with Gasteiger partial charge in [-0.15, -0.1) is 10.2 Å². The van der Waals surface area contributed by atoms with Crippen LogP contribution in [0.25, 0.3) is 11.4 Å². The smallest absolute Gasteiger partial charge is 0.235 e. The maximum Gasteiger partial charge on any atom is 0.235 e. The monoisotopic (exact) mass is 380 g/mol. The molecule has 1 atom stereocenters. The second kappa shape index (κ2) is 8.39. The van der Waals surface area contributed by atoms with Crippen molar-refractivity contribution in [3.63, 3.8) is 0 Å². The van der Waals surface area contributed by atoms with E-state index in [1.165, 1.54) is 17.3 Å². The third-order valence-corrected chi connectivity index (χ3v) is 5.53. The Labute approximate surface area is 164 Å². The van der Waals surface area contributed by atoms with E-state index in [4.69, 9.17) is 0 Å². The summed E-state index contributed by atoms with van der Waals surface area (Å²) < 4.78 is 1.94. The van der Waals surface area contributed by atoms with Gasteiger partial charge >= 0.3 is 0 Å². The first-order chi connectivity index (χ1) is 13.0. The van der Waals surface area contributed by atoms with Crippen LogP contribution in [-0.4, -0.2) is 37.9 Å². The average molecular weight is 381 g/mol. The molecular weight excluding hydrogens is 356 g/mol. The minimum atomic E-state index is -0.243. The molecule has 0 aliphatic heterocycles. The number of carbonyl (C=O) groups is 1. The number of benzene rings is 2. The van der Waals surface area contributed by atoms with E-state index in [-0.39, 0.29) is 11.2 Å². The van der Waals surface area contributed by atoms with Gasteiger partial charge in [0.05, 0.1) is 5.25 Å². The Morgan fingerprint density at radius 1 is 1.11 bits per heavy atom. The Morgan fingerprint density at radius 3 is 2.44 bits per heavy atom. The summed E-state index contributed by atoms with van der Waals surface area (Å²) in [5.41, 5.74) is 3.34. The van der Waals surface area contributed by atoms with Crippen LogP contribution < -0.4 is 0 Å². The number of aryl methyl sites for hydroxylation is 1. The van der Waals surface area contributed by atoms with Gasteiger partial charge in [-0.25, -0.2) is 0 Å². The van der Waals surface area contributed by atoms with E-state index in [0.717, 1.165) is 22.1 Å². The van der Waals surface area contributed by atoms with E-state index >= 15 is 0 Å². The van der Waals surface area contributed by atoms with Crippen LogP contribution in [0.3, 0.4) is 0 Å². The molecule has 1 unspecified atom stereocenters. The lowest BCUT2D eigenvalue weighted by molar-refractivity contribution is -0.129. The van der Waals surface area contributed by atoms with Gasteiger partial charge < -0.3 is 9.47 Å². The number of rotatable bonds is 6. The van der Waals surface area contributed by atoms with Crippen LogP contribution in [0.15, 0.2) is 59.8 Å². The molecule has 2 aromatic carbocycles. The van der Waals surface area contributed by atoms with Crippen molar-refractivity contribution in [2.75, 3.05) is 7.05 Å². The highest BCUT2D eigenvalue weighted by Crippen LogP contribution is 2.26. The number of aromatic nitrogens is 3. The number of carbonyl (C=O) groups excluding carboxylic acids is 1. The maximum absolute atomic E-state index is 12.7. The highest BCUT2D eigenvalue weighted by molar-refractivity contribution is 8.00. The Bertz CT molecular complexity index is 906. The van der Waals surface area contributed by atoms with E-state index in [9.17, 15) is 4.79 Å². The molecule has 0 fully saturated rings. The molecule has 1 amide bonds. The third-order valence-electron chi connectivity index (χ3n) is 4.41. The van der Waals surface area contributed by atoms with Crippen LogP contribution in [-0.2, 0) is 18.4 Å². The topological polar surface area (TPSA) is 51.0 Å². The van der Waals surface area contributed by atoms with Gasteiger partial charge in [0.15, 0.2) is 11.0 Å². The molecule has 3 rings (SSSR count). The van der Waals surface area contributed by atoms with E-state index in [0.29, 0.717) is 6.54 Å². The fourth-order valence-corrected chi connectivity index (χ4v) is 3.76. The van der Waals surface area contributed by atoms with Gasteiger partial charge in [-0.1, -0.05) is 71.9 Å². The van der Waals surface area contributed by atoms with Crippen molar-refractivity contribution in [2.45, 2.75) is 30.8 Å². The van der Waals surface area contributed by atoms with Gasteiger partial charge in [-0.05, 0) is 19.4 Å². The molecule has 1 heterocycles. The van der Waals surface area contributed by atoms with Crippen LogP contribution in [0.5, 0.6) is 0 Å². The standard InChI is InChI=1S/C21H24N4OS/c1-15-10-12-18(13-11-15)19-22-23-21(25(19)4)27-16(2)20(26)24(3)14-17-8-6-5-7-9-17/h5-13,16H,14H2,1-4H3. The third kappa shape index (κ3) is 4.57. The minimum absolute atomic E-state index is 0.0729. The molecule has 3 aromatic rings. The Morgan fingerprint density at radius 2 is 1.78 bits per heavy atom. The van der Waals surface area contributed by atoms with Crippen LogP contribution in [0.2, 0.25) is 0 Å². The first kappa shape index (κ1) is 19.2. The lowest BCUT2D eigenvalue weighted by atomic mass is 10.1. The molecule has 0 saturated heterocycles. The van der Waals surface area contributed by atoms with Crippen LogP contribution in [0.4, 0.5) is 0 Å². The molecule has 6 heteroatoms.